The van der Waals surface area contributed by atoms with Crippen molar-refractivity contribution in [3.63, 3.8) is 0 Å². The molecule has 1 aliphatic rings. The van der Waals surface area contributed by atoms with E-state index in [-0.39, 0.29) is 5.41 Å². The molecular weight excluding hydrogens is 428 g/mol. The zero-order valence-corrected chi connectivity index (χ0v) is 21.6. The molecule has 3 heterocycles. The van der Waals surface area contributed by atoms with E-state index in [0.717, 1.165) is 50.5 Å². The lowest BCUT2D eigenvalue weighted by Crippen LogP contribution is -2.25. The summed E-state index contributed by atoms with van der Waals surface area (Å²) in [6, 6.07) is 11.0. The highest BCUT2D eigenvalue weighted by Crippen LogP contribution is 2.34. The molecule has 178 valence electrons. The Labute approximate surface area is 202 Å². The van der Waals surface area contributed by atoms with Gasteiger partial charge in [0.1, 0.15) is 11.6 Å². The maximum Gasteiger partial charge on any atom is 0.129 e. The molecule has 0 radical (unpaired) electrons. The van der Waals surface area contributed by atoms with Crippen molar-refractivity contribution < 1.29 is 4.74 Å². The molecule has 33 heavy (non-hydrogen) atoms. The summed E-state index contributed by atoms with van der Waals surface area (Å²) in [5.74, 6) is 2.87. The number of unbranched alkanes of at least 4 members (excludes halogenated alkanes) is 1. The summed E-state index contributed by atoms with van der Waals surface area (Å²) in [6.07, 6.45) is 6.55. The van der Waals surface area contributed by atoms with Gasteiger partial charge in [0.15, 0.2) is 0 Å². The van der Waals surface area contributed by atoms with E-state index < -0.39 is 0 Å². The summed E-state index contributed by atoms with van der Waals surface area (Å²) in [6.45, 7) is 12.8. The van der Waals surface area contributed by atoms with Crippen LogP contribution < -0.4 is 4.90 Å². The molecule has 4 rings (SSSR count). The van der Waals surface area contributed by atoms with Crippen LogP contribution in [-0.2, 0) is 16.7 Å². The number of ether oxygens (including phenoxy) is 1. The smallest absolute Gasteiger partial charge is 0.129 e. The number of hydrogen-bond acceptors (Lipinski definition) is 5. The third kappa shape index (κ3) is 5.90. The Morgan fingerprint density at radius 1 is 1.12 bits per heavy atom. The number of fused-ring (bicyclic) bond motifs is 1. The molecule has 0 atom stereocenters. The van der Waals surface area contributed by atoms with E-state index in [4.69, 9.17) is 9.72 Å². The highest BCUT2D eigenvalue weighted by Gasteiger charge is 2.25. The van der Waals surface area contributed by atoms with Gasteiger partial charge in [0.25, 0.3) is 0 Å². The maximum absolute atomic E-state index is 5.58. The third-order valence-electron chi connectivity index (χ3n) is 6.36. The minimum Gasteiger partial charge on any atom is -0.381 e. The van der Waals surface area contributed by atoms with E-state index in [1.165, 1.54) is 34.0 Å². The molecule has 5 nitrogen and oxygen atoms in total. The summed E-state index contributed by atoms with van der Waals surface area (Å²) in [5, 5.41) is 0. The monoisotopic (exact) mass is 466 g/mol. The Morgan fingerprint density at radius 2 is 1.88 bits per heavy atom. The topological polar surface area (TPSA) is 43.2 Å². The maximum atomic E-state index is 5.58. The van der Waals surface area contributed by atoms with E-state index in [1.54, 1.807) is 11.8 Å². The van der Waals surface area contributed by atoms with Crippen molar-refractivity contribution in [2.24, 2.45) is 5.92 Å². The van der Waals surface area contributed by atoms with Crippen LogP contribution in [0, 0.1) is 5.92 Å². The summed E-state index contributed by atoms with van der Waals surface area (Å²) in [7, 11) is 2.12. The van der Waals surface area contributed by atoms with Crippen LogP contribution in [0.25, 0.3) is 11.0 Å². The van der Waals surface area contributed by atoms with Crippen molar-refractivity contribution in [1.82, 2.24) is 14.5 Å². The highest BCUT2D eigenvalue weighted by atomic mass is 32.2. The quantitative estimate of drug-likeness (QED) is 0.377. The fraction of sp³-hybridized carbons (Fsp3) is 0.556. The van der Waals surface area contributed by atoms with Crippen LogP contribution in [0.15, 0.2) is 46.3 Å². The fourth-order valence-corrected chi connectivity index (χ4v) is 5.31. The number of imidazole rings is 1. The van der Waals surface area contributed by atoms with Gasteiger partial charge >= 0.3 is 0 Å². The summed E-state index contributed by atoms with van der Waals surface area (Å²) in [5.41, 5.74) is 2.33. The lowest BCUT2D eigenvalue weighted by molar-refractivity contribution is 0.0611. The van der Waals surface area contributed by atoms with Crippen molar-refractivity contribution in [1.29, 1.82) is 0 Å². The molecule has 0 aliphatic carbocycles. The van der Waals surface area contributed by atoms with Gasteiger partial charge in [-0.3, -0.25) is 0 Å². The predicted molar refractivity (Wildman–Crippen MR) is 139 cm³/mol. The first-order valence-corrected chi connectivity index (χ1v) is 13.1. The second-order valence-electron chi connectivity index (χ2n) is 10.2. The number of rotatable bonds is 8. The van der Waals surface area contributed by atoms with Crippen LogP contribution in [-0.4, -0.2) is 41.3 Å². The second kappa shape index (κ2) is 10.5. The molecule has 2 aromatic heterocycles. The van der Waals surface area contributed by atoms with E-state index in [0.29, 0.717) is 5.92 Å². The molecule has 0 bridgehead atoms. The number of aromatic nitrogens is 3. The molecule has 1 fully saturated rings. The number of pyridine rings is 1. The Balaban J connectivity index is 1.59. The molecule has 3 aromatic rings. The predicted octanol–water partition coefficient (Wildman–Crippen LogP) is 6.54. The average molecular weight is 467 g/mol. The second-order valence-corrected chi connectivity index (χ2v) is 11.4. The first-order valence-electron chi connectivity index (χ1n) is 12.3. The molecule has 1 aliphatic heterocycles. The van der Waals surface area contributed by atoms with Gasteiger partial charge in [0.2, 0.25) is 0 Å². The molecule has 1 aromatic carbocycles. The van der Waals surface area contributed by atoms with Crippen molar-refractivity contribution in [2.45, 2.75) is 75.1 Å². The van der Waals surface area contributed by atoms with Crippen LogP contribution >= 0.6 is 11.8 Å². The van der Waals surface area contributed by atoms with Crippen LogP contribution in [0.3, 0.4) is 0 Å². The Bertz CT molecular complexity index is 1070. The summed E-state index contributed by atoms with van der Waals surface area (Å²) in [4.78, 5) is 14.4. The van der Waals surface area contributed by atoms with Crippen molar-refractivity contribution in [3.8, 4) is 0 Å². The summed E-state index contributed by atoms with van der Waals surface area (Å²) < 4.78 is 8.05. The molecule has 0 amide bonds. The van der Waals surface area contributed by atoms with Crippen LogP contribution in [0.5, 0.6) is 0 Å². The standard InChI is InChI=1S/C27H38N4OS/c1-6-7-14-30(5)25-18-22(10-13-28-25)33-21-8-9-24-23(17-21)29-26(27(2,3)4)31(24)19-20-11-15-32-16-12-20/h8-10,13,17-18,20H,6-7,11-12,14-16,19H2,1-5H3. The average Bonchev–Trinajstić information content (AvgIpc) is 3.16. The minimum atomic E-state index is 0.000563. The van der Waals surface area contributed by atoms with E-state index in [9.17, 15) is 0 Å². The van der Waals surface area contributed by atoms with Gasteiger partial charge in [-0.15, -0.1) is 0 Å². The Kier molecular flexibility index (Phi) is 7.65. The van der Waals surface area contributed by atoms with Crippen molar-refractivity contribution in [2.75, 3.05) is 31.7 Å². The first-order chi connectivity index (χ1) is 15.8. The molecule has 0 spiro atoms. The van der Waals surface area contributed by atoms with E-state index >= 15 is 0 Å². The fourth-order valence-electron chi connectivity index (χ4n) is 4.44. The van der Waals surface area contributed by atoms with Gasteiger partial charge in [-0.1, -0.05) is 45.9 Å². The van der Waals surface area contributed by atoms with E-state index in [2.05, 4.69) is 79.5 Å². The zero-order chi connectivity index (χ0) is 23.4. The zero-order valence-electron chi connectivity index (χ0n) is 20.8. The SMILES string of the molecule is CCCCN(C)c1cc(Sc2ccc3c(c2)nc(C(C)(C)C)n3CC2CCOCC2)ccn1. The minimum absolute atomic E-state index is 0.000563. The Morgan fingerprint density at radius 3 is 2.61 bits per heavy atom. The van der Waals surface area contributed by atoms with Gasteiger partial charge in [-0.05, 0) is 55.5 Å². The highest BCUT2D eigenvalue weighted by molar-refractivity contribution is 7.99. The van der Waals surface area contributed by atoms with Gasteiger partial charge in [0.05, 0.1) is 11.0 Å². The van der Waals surface area contributed by atoms with Crippen LogP contribution in [0.4, 0.5) is 5.82 Å². The molecular formula is C27H38N4OS. The third-order valence-corrected chi connectivity index (χ3v) is 7.34. The van der Waals surface area contributed by atoms with Gasteiger partial charge in [0, 0.05) is 54.8 Å². The van der Waals surface area contributed by atoms with Crippen LogP contribution in [0.1, 0.15) is 59.2 Å². The van der Waals surface area contributed by atoms with Crippen molar-refractivity contribution in [3.05, 3.63) is 42.4 Å². The van der Waals surface area contributed by atoms with E-state index in [1.807, 2.05) is 6.20 Å². The van der Waals surface area contributed by atoms with Gasteiger partial charge < -0.3 is 14.2 Å². The number of benzene rings is 1. The first kappa shape index (κ1) is 24.1. The van der Waals surface area contributed by atoms with Crippen LogP contribution in [0.2, 0.25) is 0 Å². The lowest BCUT2D eigenvalue weighted by atomic mass is 9.94. The summed E-state index contributed by atoms with van der Waals surface area (Å²) >= 11 is 1.78. The molecule has 0 unspecified atom stereocenters. The largest absolute Gasteiger partial charge is 0.381 e. The number of nitrogens with zero attached hydrogens (tertiary/aromatic N) is 4. The normalized spacial score (nSPS) is 15.3. The molecule has 1 saturated heterocycles. The van der Waals surface area contributed by atoms with Gasteiger partial charge in [-0.25, -0.2) is 9.97 Å². The lowest BCUT2D eigenvalue weighted by Gasteiger charge is -2.26. The Hall–Kier alpha value is -2.05. The molecule has 6 heteroatoms. The number of hydrogen-bond donors (Lipinski definition) is 0. The molecule has 0 N–H and O–H groups in total. The molecule has 0 saturated carbocycles. The van der Waals surface area contributed by atoms with Crippen molar-refractivity contribution >= 4 is 28.6 Å². The number of anilines is 1. The van der Waals surface area contributed by atoms with Gasteiger partial charge in [-0.2, -0.15) is 0 Å².